The molecule has 0 aliphatic rings. The Morgan fingerprint density at radius 3 is 2.60 bits per heavy atom. The summed E-state index contributed by atoms with van der Waals surface area (Å²) in [5.41, 5.74) is 4.03. The predicted octanol–water partition coefficient (Wildman–Crippen LogP) is 6.58. The molecule has 150 valence electrons. The molecule has 7 heteroatoms. The molecule has 1 heterocycles. The minimum Gasteiger partial charge on any atom is -0.495 e. The first kappa shape index (κ1) is 20.1. The van der Waals surface area contributed by atoms with E-state index in [9.17, 15) is 4.79 Å². The van der Waals surface area contributed by atoms with Crippen LogP contribution in [0.25, 0.3) is 11.3 Å². The molecule has 0 aliphatic heterocycles. The van der Waals surface area contributed by atoms with E-state index in [0.29, 0.717) is 5.56 Å². The van der Waals surface area contributed by atoms with E-state index >= 15 is 0 Å². The summed E-state index contributed by atoms with van der Waals surface area (Å²) in [7, 11) is 1.64. The zero-order valence-electron chi connectivity index (χ0n) is 16.1. The number of nitrogens with one attached hydrogen (secondary N) is 2. The highest BCUT2D eigenvalue weighted by atomic mass is 79.9. The van der Waals surface area contributed by atoms with Crippen molar-refractivity contribution in [3.63, 3.8) is 0 Å². The number of benzene rings is 3. The van der Waals surface area contributed by atoms with E-state index in [2.05, 4.69) is 31.5 Å². The molecule has 0 radical (unpaired) electrons. The largest absolute Gasteiger partial charge is 0.495 e. The molecule has 0 bridgehead atoms. The Labute approximate surface area is 186 Å². The summed E-state index contributed by atoms with van der Waals surface area (Å²) >= 11 is 4.90. The fourth-order valence-corrected chi connectivity index (χ4v) is 4.02. The van der Waals surface area contributed by atoms with Gasteiger partial charge in [0.05, 0.1) is 18.5 Å². The number of carbonyl (C=O) groups excluding carboxylic acids is 1. The molecule has 1 amide bonds. The zero-order chi connectivity index (χ0) is 20.9. The predicted molar refractivity (Wildman–Crippen MR) is 126 cm³/mol. The molecule has 0 aliphatic carbocycles. The number of nitrogens with zero attached hydrogens (tertiary/aromatic N) is 1. The SMILES string of the molecule is COc1ccccc1Nc1nc(-c2ccc(NC(=O)c3cccc(Br)c3)cc2)cs1. The zero-order valence-corrected chi connectivity index (χ0v) is 18.5. The Bertz CT molecular complexity index is 1180. The minimum atomic E-state index is -0.152. The number of thiazole rings is 1. The van der Waals surface area contributed by atoms with E-state index in [1.807, 2.05) is 66.0 Å². The van der Waals surface area contributed by atoms with Crippen LogP contribution >= 0.6 is 27.3 Å². The molecular formula is C23H18BrN3O2S. The summed E-state index contributed by atoms with van der Waals surface area (Å²) in [6, 6.07) is 22.6. The van der Waals surface area contributed by atoms with Gasteiger partial charge in [-0.15, -0.1) is 11.3 Å². The van der Waals surface area contributed by atoms with Gasteiger partial charge in [0, 0.05) is 26.7 Å². The third-order valence-electron chi connectivity index (χ3n) is 4.38. The Hall–Kier alpha value is -3.16. The second kappa shape index (κ2) is 9.11. The van der Waals surface area contributed by atoms with E-state index in [-0.39, 0.29) is 5.91 Å². The second-order valence-corrected chi connectivity index (χ2v) is 8.18. The van der Waals surface area contributed by atoms with Crippen molar-refractivity contribution in [1.82, 2.24) is 4.98 Å². The lowest BCUT2D eigenvalue weighted by molar-refractivity contribution is 0.102. The van der Waals surface area contributed by atoms with Crippen LogP contribution in [0.5, 0.6) is 5.75 Å². The molecule has 0 saturated carbocycles. The van der Waals surface area contributed by atoms with Crippen LogP contribution in [-0.4, -0.2) is 18.0 Å². The molecule has 0 fully saturated rings. The van der Waals surface area contributed by atoms with Crippen molar-refractivity contribution in [3.05, 3.63) is 88.2 Å². The fraction of sp³-hybridized carbons (Fsp3) is 0.0435. The summed E-state index contributed by atoms with van der Waals surface area (Å²) in [5.74, 6) is 0.612. The summed E-state index contributed by atoms with van der Waals surface area (Å²) in [6.45, 7) is 0. The topological polar surface area (TPSA) is 63.2 Å². The second-order valence-electron chi connectivity index (χ2n) is 6.41. The maximum Gasteiger partial charge on any atom is 0.255 e. The first-order chi connectivity index (χ1) is 14.6. The first-order valence-electron chi connectivity index (χ1n) is 9.15. The van der Waals surface area contributed by atoms with Gasteiger partial charge in [-0.1, -0.05) is 46.3 Å². The number of halogens is 1. The van der Waals surface area contributed by atoms with Crippen molar-refractivity contribution >= 4 is 49.7 Å². The molecule has 4 aromatic rings. The molecule has 3 aromatic carbocycles. The van der Waals surface area contributed by atoms with Crippen LogP contribution in [0.1, 0.15) is 10.4 Å². The quantitative estimate of drug-likeness (QED) is 0.327. The highest BCUT2D eigenvalue weighted by Gasteiger charge is 2.09. The van der Waals surface area contributed by atoms with Crippen molar-refractivity contribution in [2.45, 2.75) is 0 Å². The maximum absolute atomic E-state index is 12.4. The minimum absolute atomic E-state index is 0.152. The molecule has 0 spiro atoms. The standard InChI is InChI=1S/C23H18BrN3O2S/c1-29-21-8-3-2-7-19(21)26-23-27-20(14-30-23)15-9-11-18(12-10-15)25-22(28)16-5-4-6-17(24)13-16/h2-14H,1H3,(H,25,28)(H,26,27). The van der Waals surface area contributed by atoms with Gasteiger partial charge in [-0.3, -0.25) is 4.79 Å². The van der Waals surface area contributed by atoms with E-state index in [4.69, 9.17) is 4.74 Å². The Balaban J connectivity index is 1.45. The number of anilines is 3. The van der Waals surface area contributed by atoms with Crippen molar-refractivity contribution in [3.8, 4) is 17.0 Å². The number of para-hydroxylation sites is 2. The lowest BCUT2D eigenvalue weighted by Gasteiger charge is -2.08. The average molecular weight is 480 g/mol. The maximum atomic E-state index is 12.4. The van der Waals surface area contributed by atoms with E-state index in [1.165, 1.54) is 11.3 Å². The van der Waals surface area contributed by atoms with Crippen molar-refractivity contribution in [1.29, 1.82) is 0 Å². The van der Waals surface area contributed by atoms with Gasteiger partial charge in [-0.2, -0.15) is 0 Å². The van der Waals surface area contributed by atoms with Crippen LogP contribution < -0.4 is 15.4 Å². The lowest BCUT2D eigenvalue weighted by Crippen LogP contribution is -2.11. The van der Waals surface area contributed by atoms with Crippen LogP contribution in [0.3, 0.4) is 0 Å². The van der Waals surface area contributed by atoms with Crippen molar-refractivity contribution in [2.75, 3.05) is 17.7 Å². The average Bonchev–Trinajstić information content (AvgIpc) is 3.23. The van der Waals surface area contributed by atoms with Crippen LogP contribution in [-0.2, 0) is 0 Å². The molecule has 30 heavy (non-hydrogen) atoms. The van der Waals surface area contributed by atoms with E-state index in [1.54, 1.807) is 19.2 Å². The highest BCUT2D eigenvalue weighted by molar-refractivity contribution is 9.10. The van der Waals surface area contributed by atoms with E-state index < -0.39 is 0 Å². The summed E-state index contributed by atoms with van der Waals surface area (Å²) in [5, 5.41) is 8.98. The molecule has 0 atom stereocenters. The number of hydrogen-bond donors (Lipinski definition) is 2. The molecule has 0 saturated heterocycles. The van der Waals surface area contributed by atoms with Crippen LogP contribution in [0.2, 0.25) is 0 Å². The van der Waals surface area contributed by atoms with E-state index in [0.717, 1.165) is 38.0 Å². The van der Waals surface area contributed by atoms with Crippen molar-refractivity contribution in [2.24, 2.45) is 0 Å². The third kappa shape index (κ3) is 4.69. The Morgan fingerprint density at radius 2 is 1.83 bits per heavy atom. The van der Waals surface area contributed by atoms with Gasteiger partial charge in [0.2, 0.25) is 0 Å². The van der Waals surface area contributed by atoms with Gasteiger partial charge in [0.15, 0.2) is 5.13 Å². The number of rotatable bonds is 6. The lowest BCUT2D eigenvalue weighted by atomic mass is 10.1. The van der Waals surface area contributed by atoms with Gasteiger partial charge >= 0.3 is 0 Å². The first-order valence-corrected chi connectivity index (χ1v) is 10.8. The number of ether oxygens (including phenoxy) is 1. The highest BCUT2D eigenvalue weighted by Crippen LogP contribution is 2.31. The molecule has 1 aromatic heterocycles. The summed E-state index contributed by atoms with van der Waals surface area (Å²) in [6.07, 6.45) is 0. The Morgan fingerprint density at radius 1 is 1.03 bits per heavy atom. The normalized spacial score (nSPS) is 10.5. The monoisotopic (exact) mass is 479 g/mol. The molecule has 4 rings (SSSR count). The summed E-state index contributed by atoms with van der Waals surface area (Å²) in [4.78, 5) is 17.0. The smallest absolute Gasteiger partial charge is 0.255 e. The number of methoxy groups -OCH3 is 1. The van der Waals surface area contributed by atoms with Gasteiger partial charge in [0.25, 0.3) is 5.91 Å². The van der Waals surface area contributed by atoms with Gasteiger partial charge in [0.1, 0.15) is 5.75 Å². The van der Waals surface area contributed by atoms with Crippen LogP contribution in [0.4, 0.5) is 16.5 Å². The molecule has 5 nitrogen and oxygen atoms in total. The fourth-order valence-electron chi connectivity index (χ4n) is 2.88. The van der Waals surface area contributed by atoms with Crippen molar-refractivity contribution < 1.29 is 9.53 Å². The van der Waals surface area contributed by atoms with Crippen LogP contribution in [0, 0.1) is 0 Å². The third-order valence-corrected chi connectivity index (χ3v) is 5.63. The van der Waals surface area contributed by atoms with Gasteiger partial charge in [-0.25, -0.2) is 4.98 Å². The van der Waals surface area contributed by atoms with Gasteiger partial charge < -0.3 is 15.4 Å². The molecule has 2 N–H and O–H groups in total. The van der Waals surface area contributed by atoms with Crippen LogP contribution in [0.15, 0.2) is 82.6 Å². The number of amides is 1. The molecular weight excluding hydrogens is 462 g/mol. The number of carbonyl (C=O) groups is 1. The summed E-state index contributed by atoms with van der Waals surface area (Å²) < 4.78 is 6.24. The Kier molecular flexibility index (Phi) is 6.11. The number of aromatic nitrogens is 1. The molecule has 0 unspecified atom stereocenters. The number of hydrogen-bond acceptors (Lipinski definition) is 5. The van der Waals surface area contributed by atoms with Gasteiger partial charge in [-0.05, 0) is 42.5 Å².